The first-order valence-corrected chi connectivity index (χ1v) is 8.06. The Labute approximate surface area is 148 Å². The van der Waals surface area contributed by atoms with Crippen molar-refractivity contribution in [3.8, 4) is 16.9 Å². The Morgan fingerprint density at radius 1 is 0.962 bits per heavy atom. The van der Waals surface area contributed by atoms with E-state index in [1.54, 1.807) is 12.1 Å². The monoisotopic (exact) mass is 360 g/mol. The molecule has 0 heterocycles. The molecule has 3 aromatic rings. The van der Waals surface area contributed by atoms with Crippen LogP contribution in [0.2, 0.25) is 0 Å². The van der Waals surface area contributed by atoms with Gasteiger partial charge in [0.2, 0.25) is 0 Å². The quantitative estimate of drug-likeness (QED) is 0.360. The molecule has 26 heavy (non-hydrogen) atoms. The van der Waals surface area contributed by atoms with Crippen molar-refractivity contribution in [2.45, 2.75) is 19.5 Å². The predicted molar refractivity (Wildman–Crippen MR) is 94.5 cm³/mol. The highest BCUT2D eigenvalue weighted by molar-refractivity contribution is 5.89. The van der Waals surface area contributed by atoms with E-state index in [1.807, 2.05) is 30.3 Å². The Morgan fingerprint density at radius 2 is 1.65 bits per heavy atom. The van der Waals surface area contributed by atoms with Gasteiger partial charge >= 0.3 is 6.61 Å². The molecule has 0 amide bonds. The molecule has 0 aliphatic carbocycles. The largest absolute Gasteiger partial charge is 0.429 e. The zero-order valence-corrected chi connectivity index (χ0v) is 13.8. The van der Waals surface area contributed by atoms with Gasteiger partial charge in [0.25, 0.3) is 0 Å². The van der Waals surface area contributed by atoms with E-state index in [4.69, 9.17) is 0 Å². The lowest BCUT2D eigenvalue weighted by Gasteiger charge is -2.11. The Kier molecular flexibility index (Phi) is 5.26. The average molecular weight is 360 g/mol. The van der Waals surface area contributed by atoms with Crippen LogP contribution >= 0.6 is 0 Å². The van der Waals surface area contributed by atoms with Crippen molar-refractivity contribution in [2.24, 2.45) is 0 Å². The van der Waals surface area contributed by atoms with Gasteiger partial charge in [-0.05, 0) is 47.1 Å². The van der Waals surface area contributed by atoms with Gasteiger partial charge in [-0.15, -0.1) is 6.58 Å². The summed E-state index contributed by atoms with van der Waals surface area (Å²) >= 11 is 0. The number of hydrogen-bond acceptors (Lipinski definition) is 1. The molecule has 0 aliphatic rings. The lowest BCUT2D eigenvalue weighted by molar-refractivity contribution is -0.0544. The molecule has 0 spiro atoms. The molecule has 3 aromatic carbocycles. The summed E-state index contributed by atoms with van der Waals surface area (Å²) < 4.78 is 56.8. The number of halogens is 4. The first kappa shape index (κ1) is 18.0. The van der Waals surface area contributed by atoms with Gasteiger partial charge in [0.05, 0.1) is 0 Å². The topological polar surface area (TPSA) is 9.23 Å². The van der Waals surface area contributed by atoms with E-state index in [0.29, 0.717) is 0 Å². The average Bonchev–Trinajstić information content (AvgIpc) is 2.63. The van der Waals surface area contributed by atoms with Crippen LogP contribution in [-0.4, -0.2) is 6.61 Å². The molecule has 0 N–H and O–H groups in total. The maximum Gasteiger partial charge on any atom is 0.387 e. The molecular weight excluding hydrogens is 344 g/mol. The Bertz CT molecular complexity index is 933. The van der Waals surface area contributed by atoms with Crippen molar-refractivity contribution in [1.82, 2.24) is 0 Å². The molecule has 134 valence electrons. The lowest BCUT2D eigenvalue weighted by Crippen LogP contribution is -2.06. The van der Waals surface area contributed by atoms with E-state index in [1.165, 1.54) is 11.6 Å². The number of fused-ring (bicyclic) bond motifs is 1. The highest BCUT2D eigenvalue weighted by Gasteiger charge is 2.19. The minimum atomic E-state index is -3.30. The van der Waals surface area contributed by atoms with Crippen LogP contribution in [0.1, 0.15) is 12.0 Å². The predicted octanol–water partition coefficient (Wildman–Crippen LogP) is 6.51. The molecule has 0 unspecified atom stereocenters. The summed E-state index contributed by atoms with van der Waals surface area (Å²) in [5, 5.41) is 0.295. The third-order valence-electron chi connectivity index (χ3n) is 4.12. The van der Waals surface area contributed by atoms with Crippen molar-refractivity contribution < 1.29 is 22.3 Å². The van der Waals surface area contributed by atoms with Gasteiger partial charge in [-0.2, -0.15) is 8.78 Å². The minimum Gasteiger partial charge on any atom is -0.429 e. The van der Waals surface area contributed by atoms with Gasteiger partial charge in [-0.25, -0.2) is 8.78 Å². The summed E-state index contributed by atoms with van der Waals surface area (Å²) in [6.07, 6.45) is 3.63. The van der Waals surface area contributed by atoms with E-state index in [9.17, 15) is 17.6 Å². The third kappa shape index (κ3) is 3.72. The number of aryl methyl sites for hydroxylation is 1. The van der Waals surface area contributed by atoms with Gasteiger partial charge in [0, 0.05) is 5.39 Å². The molecular formula is C21H16F4O. The van der Waals surface area contributed by atoms with Crippen molar-refractivity contribution in [1.29, 1.82) is 0 Å². The zero-order valence-electron chi connectivity index (χ0n) is 13.8. The zero-order chi connectivity index (χ0) is 18.7. The van der Waals surface area contributed by atoms with Gasteiger partial charge in [-0.3, -0.25) is 0 Å². The fourth-order valence-electron chi connectivity index (χ4n) is 2.82. The fourth-order valence-corrected chi connectivity index (χ4v) is 2.82. The van der Waals surface area contributed by atoms with E-state index >= 15 is 0 Å². The van der Waals surface area contributed by atoms with E-state index < -0.39 is 24.0 Å². The normalized spacial score (nSPS) is 11.1. The summed E-state index contributed by atoms with van der Waals surface area (Å²) in [6.45, 7) is 0.398. The van der Waals surface area contributed by atoms with Crippen molar-refractivity contribution in [2.75, 3.05) is 0 Å². The molecule has 0 saturated carbocycles. The number of benzene rings is 3. The maximum atomic E-state index is 14.3. The summed E-state index contributed by atoms with van der Waals surface area (Å²) in [5.74, 6) is -3.36. The summed E-state index contributed by atoms with van der Waals surface area (Å²) in [6, 6.07) is 13.6. The molecule has 0 aliphatic heterocycles. The number of alkyl halides is 2. The summed E-state index contributed by atoms with van der Waals surface area (Å²) in [7, 11) is 0. The number of allylic oxidation sites excluding steroid dienone is 1. The third-order valence-corrected chi connectivity index (χ3v) is 4.12. The molecule has 0 saturated heterocycles. The standard InChI is InChI=1S/C21H16F4O/c1-2-3-4-13-5-7-14(8-6-13)15-9-10-17-16(11-15)12-18(22)20(19(17)23)26-21(24)25/h2,5-12,21H,1,3-4H2. The molecule has 0 atom stereocenters. The van der Waals surface area contributed by atoms with E-state index in [2.05, 4.69) is 11.3 Å². The van der Waals surface area contributed by atoms with Crippen LogP contribution in [0.25, 0.3) is 21.9 Å². The van der Waals surface area contributed by atoms with Crippen molar-refractivity contribution in [3.05, 3.63) is 78.4 Å². The van der Waals surface area contributed by atoms with E-state index in [-0.39, 0.29) is 10.8 Å². The second kappa shape index (κ2) is 7.60. The summed E-state index contributed by atoms with van der Waals surface area (Å²) in [5.41, 5.74) is 2.83. The van der Waals surface area contributed by atoms with Gasteiger partial charge in [0.1, 0.15) is 0 Å². The van der Waals surface area contributed by atoms with Crippen LogP contribution in [0.4, 0.5) is 17.6 Å². The number of rotatable bonds is 6. The van der Waals surface area contributed by atoms with Crippen LogP contribution in [0.5, 0.6) is 5.75 Å². The molecule has 0 radical (unpaired) electrons. The van der Waals surface area contributed by atoms with Gasteiger partial charge in [-0.1, -0.05) is 42.5 Å². The molecule has 0 fully saturated rings. The highest BCUT2D eigenvalue weighted by Crippen LogP contribution is 2.33. The molecule has 3 rings (SSSR count). The Hall–Kier alpha value is -2.82. The molecule has 0 aromatic heterocycles. The Morgan fingerprint density at radius 3 is 2.31 bits per heavy atom. The Balaban J connectivity index is 1.98. The number of hydrogen-bond donors (Lipinski definition) is 0. The molecule has 1 nitrogen and oxygen atoms in total. The maximum absolute atomic E-state index is 14.3. The first-order valence-electron chi connectivity index (χ1n) is 8.06. The smallest absolute Gasteiger partial charge is 0.387 e. The fraction of sp³-hybridized carbons (Fsp3) is 0.143. The second-order valence-electron chi connectivity index (χ2n) is 5.84. The van der Waals surface area contributed by atoms with Crippen molar-refractivity contribution >= 4 is 10.8 Å². The van der Waals surface area contributed by atoms with Gasteiger partial charge < -0.3 is 4.74 Å². The minimum absolute atomic E-state index is 0.0217. The van der Waals surface area contributed by atoms with Crippen LogP contribution in [0.3, 0.4) is 0 Å². The van der Waals surface area contributed by atoms with Crippen LogP contribution in [0.15, 0.2) is 61.2 Å². The van der Waals surface area contributed by atoms with Crippen molar-refractivity contribution in [3.63, 3.8) is 0 Å². The lowest BCUT2D eigenvalue weighted by atomic mass is 9.99. The van der Waals surface area contributed by atoms with Crippen LogP contribution < -0.4 is 4.74 Å². The number of ether oxygens (including phenoxy) is 1. The van der Waals surface area contributed by atoms with Crippen LogP contribution in [0, 0.1) is 11.6 Å². The van der Waals surface area contributed by atoms with Gasteiger partial charge in [0.15, 0.2) is 17.4 Å². The molecule has 5 heteroatoms. The first-order chi connectivity index (χ1) is 12.5. The summed E-state index contributed by atoms with van der Waals surface area (Å²) in [4.78, 5) is 0. The van der Waals surface area contributed by atoms with Crippen LogP contribution in [-0.2, 0) is 6.42 Å². The SMILES string of the molecule is C=CCCc1ccc(-c2ccc3c(F)c(OC(F)F)c(F)cc3c2)cc1. The second-order valence-corrected chi connectivity index (χ2v) is 5.84. The molecule has 0 bridgehead atoms. The van der Waals surface area contributed by atoms with E-state index in [0.717, 1.165) is 30.0 Å². The highest BCUT2D eigenvalue weighted by atomic mass is 19.3.